The van der Waals surface area contributed by atoms with Gasteiger partial charge in [-0.05, 0) is 87.8 Å². The third-order valence-corrected chi connectivity index (χ3v) is 7.01. The van der Waals surface area contributed by atoms with E-state index in [1.54, 1.807) is 24.3 Å². The summed E-state index contributed by atoms with van der Waals surface area (Å²) in [5.41, 5.74) is 4.05. The molecule has 0 aliphatic rings. The zero-order valence-corrected chi connectivity index (χ0v) is 22.3. The minimum Gasteiger partial charge on any atom is -0.495 e. The van der Waals surface area contributed by atoms with Gasteiger partial charge in [-0.25, -0.2) is 4.98 Å². The van der Waals surface area contributed by atoms with E-state index < -0.39 is 0 Å². The Labute approximate surface area is 225 Å². The summed E-state index contributed by atoms with van der Waals surface area (Å²) in [5.74, 6) is 0.512. The average molecular weight is 581 g/mol. The molecule has 180 valence electrons. The van der Waals surface area contributed by atoms with Gasteiger partial charge in [0.05, 0.1) is 17.1 Å². The molecule has 0 radical (unpaired) electrons. The molecule has 2 N–H and O–H groups in total. The number of ether oxygens (including phenoxy) is 1. The molecule has 0 saturated carbocycles. The second-order valence-electron chi connectivity index (χ2n) is 8.01. The van der Waals surface area contributed by atoms with Crippen molar-refractivity contribution in [3.63, 3.8) is 0 Å². The maximum Gasteiger partial charge on any atom is 0.261 e. The summed E-state index contributed by atoms with van der Waals surface area (Å²) in [7, 11) is 1.52. The molecule has 0 atom stereocenters. The molecule has 0 fully saturated rings. The normalized spacial score (nSPS) is 11.0. The fraction of sp³-hybridized carbons (Fsp3) is 0.0741. The number of oxazole rings is 1. The summed E-state index contributed by atoms with van der Waals surface area (Å²) in [6.07, 6.45) is 0. The minimum absolute atomic E-state index is 0.149. The van der Waals surface area contributed by atoms with Crippen molar-refractivity contribution in [3.8, 4) is 17.2 Å². The van der Waals surface area contributed by atoms with Gasteiger partial charge in [-0.1, -0.05) is 41.9 Å². The first kappa shape index (κ1) is 24.2. The van der Waals surface area contributed by atoms with E-state index in [0.29, 0.717) is 43.5 Å². The predicted octanol–water partition coefficient (Wildman–Crippen LogP) is 7.51. The zero-order valence-electron chi connectivity index (χ0n) is 19.2. The van der Waals surface area contributed by atoms with Gasteiger partial charge in [0.15, 0.2) is 10.7 Å². The van der Waals surface area contributed by atoms with Crippen molar-refractivity contribution in [1.29, 1.82) is 0 Å². The van der Waals surface area contributed by atoms with Crippen molar-refractivity contribution in [2.24, 2.45) is 0 Å². The highest BCUT2D eigenvalue weighted by Gasteiger charge is 2.20. The SMILES string of the molecule is COc1c(C(=O)NC(=S)Nc2cccc(-c3nc4cc(Cl)ccc4o3)c2C)cc2ccccc2c1Br. The molecule has 9 heteroatoms. The number of hydrogen-bond donors (Lipinski definition) is 2. The minimum atomic E-state index is -0.388. The van der Waals surface area contributed by atoms with Crippen molar-refractivity contribution in [2.45, 2.75) is 6.92 Å². The Bertz CT molecular complexity index is 1670. The molecule has 36 heavy (non-hydrogen) atoms. The van der Waals surface area contributed by atoms with Crippen LogP contribution in [0.4, 0.5) is 5.69 Å². The van der Waals surface area contributed by atoms with Gasteiger partial charge in [-0.3, -0.25) is 10.1 Å². The van der Waals surface area contributed by atoms with Crippen LogP contribution >= 0.6 is 39.7 Å². The van der Waals surface area contributed by atoms with Crippen LogP contribution in [0.15, 0.2) is 75.6 Å². The average Bonchev–Trinajstić information content (AvgIpc) is 3.28. The highest BCUT2D eigenvalue weighted by molar-refractivity contribution is 9.10. The van der Waals surface area contributed by atoms with E-state index in [-0.39, 0.29) is 11.0 Å². The number of amides is 1. The fourth-order valence-corrected chi connectivity index (χ4v) is 5.10. The highest BCUT2D eigenvalue weighted by Crippen LogP contribution is 2.36. The topological polar surface area (TPSA) is 76.4 Å². The Morgan fingerprint density at radius 2 is 1.92 bits per heavy atom. The quantitative estimate of drug-likeness (QED) is 0.214. The summed E-state index contributed by atoms with van der Waals surface area (Å²) in [6.45, 7) is 1.92. The van der Waals surface area contributed by atoms with Crippen molar-refractivity contribution >= 4 is 78.3 Å². The molecule has 1 heterocycles. The molecule has 0 aliphatic heterocycles. The third kappa shape index (κ3) is 4.55. The van der Waals surface area contributed by atoms with Gasteiger partial charge in [0.2, 0.25) is 5.89 Å². The lowest BCUT2D eigenvalue weighted by Crippen LogP contribution is -2.34. The van der Waals surface area contributed by atoms with Crippen LogP contribution in [0.25, 0.3) is 33.3 Å². The Kier molecular flexibility index (Phi) is 6.66. The maximum absolute atomic E-state index is 13.1. The van der Waals surface area contributed by atoms with Crippen LogP contribution in [0.5, 0.6) is 5.75 Å². The van der Waals surface area contributed by atoms with Crippen LogP contribution < -0.4 is 15.4 Å². The molecule has 0 bridgehead atoms. The summed E-state index contributed by atoms with van der Waals surface area (Å²) < 4.78 is 12.2. The van der Waals surface area contributed by atoms with Gasteiger partial charge in [0, 0.05) is 16.3 Å². The lowest BCUT2D eigenvalue weighted by molar-refractivity contribution is 0.0975. The highest BCUT2D eigenvalue weighted by atomic mass is 79.9. The molecule has 0 unspecified atom stereocenters. The summed E-state index contributed by atoms with van der Waals surface area (Å²) >= 11 is 15.1. The lowest BCUT2D eigenvalue weighted by Gasteiger charge is -2.16. The van der Waals surface area contributed by atoms with Crippen molar-refractivity contribution in [3.05, 3.63) is 87.4 Å². The van der Waals surface area contributed by atoms with E-state index in [1.165, 1.54) is 7.11 Å². The summed E-state index contributed by atoms with van der Waals surface area (Å²) in [5, 5.41) is 8.44. The van der Waals surface area contributed by atoms with Gasteiger partial charge >= 0.3 is 0 Å². The predicted molar refractivity (Wildman–Crippen MR) is 151 cm³/mol. The van der Waals surface area contributed by atoms with Crippen LogP contribution in [-0.2, 0) is 0 Å². The van der Waals surface area contributed by atoms with Crippen LogP contribution in [0.1, 0.15) is 15.9 Å². The van der Waals surface area contributed by atoms with Gasteiger partial charge in [0.25, 0.3) is 5.91 Å². The smallest absolute Gasteiger partial charge is 0.261 e. The van der Waals surface area contributed by atoms with E-state index in [1.807, 2.05) is 49.4 Å². The first-order valence-corrected chi connectivity index (χ1v) is 12.5. The number of benzene rings is 4. The van der Waals surface area contributed by atoms with E-state index in [0.717, 1.165) is 21.9 Å². The Morgan fingerprint density at radius 1 is 1.11 bits per heavy atom. The number of aromatic nitrogens is 1. The molecule has 0 saturated heterocycles. The number of thiocarbonyl (C=S) groups is 1. The first-order valence-electron chi connectivity index (χ1n) is 10.9. The maximum atomic E-state index is 13.1. The monoisotopic (exact) mass is 579 g/mol. The van der Waals surface area contributed by atoms with Crippen LogP contribution in [0.2, 0.25) is 5.02 Å². The molecule has 0 spiro atoms. The lowest BCUT2D eigenvalue weighted by atomic mass is 10.1. The molecule has 4 aromatic carbocycles. The van der Waals surface area contributed by atoms with Crippen molar-refractivity contribution in [1.82, 2.24) is 10.3 Å². The largest absolute Gasteiger partial charge is 0.495 e. The van der Waals surface area contributed by atoms with Crippen molar-refractivity contribution in [2.75, 3.05) is 12.4 Å². The number of nitrogens with one attached hydrogen (secondary N) is 2. The molecule has 1 amide bonds. The van der Waals surface area contributed by atoms with E-state index >= 15 is 0 Å². The number of nitrogens with zero attached hydrogens (tertiary/aromatic N) is 1. The van der Waals surface area contributed by atoms with E-state index in [9.17, 15) is 4.79 Å². The van der Waals surface area contributed by atoms with E-state index in [2.05, 4.69) is 31.5 Å². The molecule has 6 nitrogen and oxygen atoms in total. The second-order valence-corrected chi connectivity index (χ2v) is 9.65. The van der Waals surface area contributed by atoms with Gasteiger partial charge < -0.3 is 14.5 Å². The Morgan fingerprint density at radius 3 is 2.72 bits per heavy atom. The molecular weight excluding hydrogens is 562 g/mol. The Hall–Kier alpha value is -3.46. The van der Waals surface area contributed by atoms with Gasteiger partial charge in [-0.15, -0.1) is 0 Å². The van der Waals surface area contributed by atoms with Crippen molar-refractivity contribution < 1.29 is 13.9 Å². The number of carbonyl (C=O) groups is 1. The molecule has 5 rings (SSSR count). The molecule has 1 aromatic heterocycles. The van der Waals surface area contributed by atoms with Crippen LogP contribution in [0.3, 0.4) is 0 Å². The number of carbonyl (C=O) groups excluding carboxylic acids is 1. The summed E-state index contributed by atoms with van der Waals surface area (Å²) in [6, 6.07) is 20.4. The standard InChI is InChI=1S/C27H19BrClN3O3S/c1-14-17(26-30-21-13-16(29)10-11-22(21)35-26)8-5-9-20(14)31-27(36)32-25(33)19-12-15-6-3-4-7-18(15)23(28)24(19)34-2/h3-13H,1-2H3,(H2,31,32,33,36). The number of halogens is 2. The number of hydrogen-bond acceptors (Lipinski definition) is 5. The Balaban J connectivity index is 1.39. The number of anilines is 1. The number of methoxy groups -OCH3 is 1. The second kappa shape index (κ2) is 9.89. The first-order chi connectivity index (χ1) is 17.4. The zero-order chi connectivity index (χ0) is 25.4. The van der Waals surface area contributed by atoms with E-state index in [4.69, 9.17) is 33.0 Å². The van der Waals surface area contributed by atoms with Gasteiger partial charge in [-0.2, -0.15) is 0 Å². The number of fused-ring (bicyclic) bond motifs is 2. The van der Waals surface area contributed by atoms with Gasteiger partial charge in [0.1, 0.15) is 11.3 Å². The fourth-order valence-electron chi connectivity index (χ4n) is 4.00. The number of rotatable bonds is 4. The molecule has 5 aromatic rings. The third-order valence-electron chi connectivity index (χ3n) is 5.78. The molecular formula is C27H19BrClN3O3S. The van der Waals surface area contributed by atoms with Crippen LogP contribution in [0, 0.1) is 6.92 Å². The summed E-state index contributed by atoms with van der Waals surface area (Å²) in [4.78, 5) is 17.7. The molecule has 0 aliphatic carbocycles. The van der Waals surface area contributed by atoms with Crippen LogP contribution in [-0.4, -0.2) is 23.1 Å².